The maximum atomic E-state index is 13.6. The Labute approximate surface area is 248 Å². The van der Waals surface area contributed by atoms with Gasteiger partial charge in [0.05, 0.1) is 12.1 Å². The summed E-state index contributed by atoms with van der Waals surface area (Å²) in [5.41, 5.74) is 0.808. The number of ketones is 3. The summed E-state index contributed by atoms with van der Waals surface area (Å²) in [6.45, 7) is 7.49. The van der Waals surface area contributed by atoms with Crippen LogP contribution in [0.1, 0.15) is 84.6 Å². The van der Waals surface area contributed by atoms with Crippen molar-refractivity contribution in [3.05, 3.63) is 35.9 Å². The quantitative estimate of drug-likeness (QED) is 0.252. The van der Waals surface area contributed by atoms with E-state index in [1.165, 1.54) is 0 Å². The highest BCUT2D eigenvalue weighted by molar-refractivity contribution is 6.38. The maximum Gasteiger partial charge on any atom is 0.408 e. The molecule has 3 amide bonds. The van der Waals surface area contributed by atoms with E-state index >= 15 is 0 Å². The molecule has 10 heteroatoms. The summed E-state index contributed by atoms with van der Waals surface area (Å²) in [6.07, 6.45) is 2.89. The second-order valence-corrected chi connectivity index (χ2v) is 12.4. The Hall–Kier alpha value is -3.56. The molecule has 4 atom stereocenters. The van der Waals surface area contributed by atoms with Crippen molar-refractivity contribution < 1.29 is 33.5 Å². The Morgan fingerprint density at radius 1 is 0.952 bits per heavy atom. The number of nitrogens with one attached hydrogen (secondary N) is 3. The molecule has 3 N–H and O–H groups in total. The molecule has 3 rings (SSSR count). The molecule has 42 heavy (non-hydrogen) atoms. The zero-order valence-electron chi connectivity index (χ0n) is 25.1. The molecule has 1 aromatic carbocycles. The molecule has 2 aliphatic rings. The third-order valence-electron chi connectivity index (χ3n) is 7.79. The second-order valence-electron chi connectivity index (χ2n) is 12.4. The van der Waals surface area contributed by atoms with Crippen molar-refractivity contribution in [3.63, 3.8) is 0 Å². The summed E-state index contributed by atoms with van der Waals surface area (Å²) in [4.78, 5) is 77.6. The predicted octanol–water partition coefficient (Wildman–Crippen LogP) is 3.65. The monoisotopic (exact) mass is 583 g/mol. The van der Waals surface area contributed by atoms with Crippen molar-refractivity contribution in [3.8, 4) is 0 Å². The lowest BCUT2D eigenvalue weighted by molar-refractivity contribution is -0.141. The largest absolute Gasteiger partial charge is 0.445 e. The fraction of sp³-hybridized carbons (Fsp3) is 0.625. The number of hydrogen-bond donors (Lipinski definition) is 3. The molecule has 0 aliphatic heterocycles. The fourth-order valence-corrected chi connectivity index (χ4v) is 5.32. The maximum absolute atomic E-state index is 13.6. The van der Waals surface area contributed by atoms with Crippen LogP contribution in [0.5, 0.6) is 0 Å². The van der Waals surface area contributed by atoms with E-state index in [-0.39, 0.29) is 48.9 Å². The topological polar surface area (TPSA) is 148 Å². The minimum atomic E-state index is -1.15. The number of amides is 3. The van der Waals surface area contributed by atoms with Crippen LogP contribution in [-0.4, -0.2) is 53.4 Å². The van der Waals surface area contributed by atoms with Crippen molar-refractivity contribution in [2.45, 2.75) is 104 Å². The number of hydrogen-bond acceptors (Lipinski definition) is 7. The van der Waals surface area contributed by atoms with Crippen LogP contribution >= 0.6 is 0 Å². The Bertz CT molecular complexity index is 1130. The molecular weight excluding hydrogens is 538 g/mol. The number of rotatable bonds is 16. The molecule has 2 fully saturated rings. The van der Waals surface area contributed by atoms with Crippen molar-refractivity contribution in [1.29, 1.82) is 0 Å². The van der Waals surface area contributed by atoms with E-state index in [9.17, 15) is 28.8 Å². The minimum Gasteiger partial charge on any atom is -0.445 e. The molecule has 0 heterocycles. The van der Waals surface area contributed by atoms with Crippen LogP contribution < -0.4 is 16.0 Å². The third-order valence-corrected chi connectivity index (χ3v) is 7.79. The Morgan fingerprint density at radius 2 is 1.64 bits per heavy atom. The van der Waals surface area contributed by atoms with E-state index in [1.807, 2.05) is 44.2 Å². The molecule has 0 radical (unpaired) electrons. The molecular formula is C32H45N3O7. The van der Waals surface area contributed by atoms with E-state index in [0.29, 0.717) is 25.7 Å². The Kier molecular flexibility index (Phi) is 12.2. The standard InChI is InChI=1S/C32H45N3O7/c1-19(2)15-23(17-27(37)28(20(3)4)35-32(41)42-18-21-9-6-5-7-10-21)30(39)34-25(16-22-11-8-12-26(22)36)29(38)31(40)33-24-13-14-24/h5-7,9-10,19-20,22-25,28H,8,11-18H2,1-4H3,(H,33,40)(H,34,39)(H,35,41)/t22-,23+,25-,28-/m0/s1. The van der Waals surface area contributed by atoms with E-state index in [4.69, 9.17) is 4.74 Å². The second kappa shape index (κ2) is 15.6. The number of carbonyl (C=O) groups excluding carboxylic acids is 6. The number of alkyl carbamates (subject to hydrolysis) is 1. The molecule has 230 valence electrons. The van der Waals surface area contributed by atoms with Gasteiger partial charge in [-0.2, -0.15) is 0 Å². The molecule has 0 unspecified atom stereocenters. The van der Waals surface area contributed by atoms with Crippen LogP contribution in [0.2, 0.25) is 0 Å². The highest BCUT2D eigenvalue weighted by Gasteiger charge is 2.37. The number of carbonyl (C=O) groups is 6. The third kappa shape index (κ3) is 10.4. The zero-order chi connectivity index (χ0) is 30.8. The van der Waals surface area contributed by atoms with Gasteiger partial charge in [-0.05, 0) is 55.9 Å². The van der Waals surface area contributed by atoms with Crippen molar-refractivity contribution in [2.24, 2.45) is 23.7 Å². The first-order valence-corrected chi connectivity index (χ1v) is 15.1. The Balaban J connectivity index is 1.68. The Morgan fingerprint density at radius 3 is 2.21 bits per heavy atom. The van der Waals surface area contributed by atoms with Gasteiger partial charge in [-0.1, -0.05) is 58.0 Å². The van der Waals surface area contributed by atoms with Crippen LogP contribution in [0.3, 0.4) is 0 Å². The number of benzene rings is 1. The van der Waals surface area contributed by atoms with Crippen molar-refractivity contribution >= 4 is 35.3 Å². The van der Waals surface area contributed by atoms with Gasteiger partial charge in [-0.3, -0.25) is 24.0 Å². The van der Waals surface area contributed by atoms with Crippen molar-refractivity contribution in [1.82, 2.24) is 16.0 Å². The summed E-state index contributed by atoms with van der Waals surface area (Å²) in [6, 6.07) is 7.11. The molecule has 2 aliphatic carbocycles. The smallest absolute Gasteiger partial charge is 0.408 e. The van der Waals surface area contributed by atoms with Gasteiger partial charge in [-0.15, -0.1) is 0 Å². The van der Waals surface area contributed by atoms with Gasteiger partial charge in [0.2, 0.25) is 11.7 Å². The first-order chi connectivity index (χ1) is 19.9. The summed E-state index contributed by atoms with van der Waals surface area (Å²) in [7, 11) is 0. The fourth-order valence-electron chi connectivity index (χ4n) is 5.32. The van der Waals surface area contributed by atoms with Gasteiger partial charge in [-0.25, -0.2) is 4.79 Å². The molecule has 0 saturated heterocycles. The van der Waals surface area contributed by atoms with Gasteiger partial charge in [0.25, 0.3) is 5.91 Å². The highest BCUT2D eigenvalue weighted by atomic mass is 16.5. The lowest BCUT2D eigenvalue weighted by atomic mass is 9.86. The lowest BCUT2D eigenvalue weighted by Crippen LogP contribution is -2.51. The van der Waals surface area contributed by atoms with Gasteiger partial charge < -0.3 is 20.7 Å². The van der Waals surface area contributed by atoms with E-state index in [0.717, 1.165) is 18.4 Å². The van der Waals surface area contributed by atoms with E-state index < -0.39 is 47.6 Å². The van der Waals surface area contributed by atoms with E-state index in [1.54, 1.807) is 13.8 Å². The van der Waals surface area contributed by atoms with Gasteiger partial charge in [0.1, 0.15) is 12.4 Å². The first kappa shape index (κ1) is 32.9. The summed E-state index contributed by atoms with van der Waals surface area (Å²) in [5.74, 6) is -3.75. The van der Waals surface area contributed by atoms with Gasteiger partial charge >= 0.3 is 6.09 Å². The van der Waals surface area contributed by atoms with Crippen LogP contribution in [0, 0.1) is 23.7 Å². The molecule has 0 spiro atoms. The SMILES string of the molecule is CC(C)C[C@H](CC(=O)[C@@H](NC(=O)OCc1ccccc1)C(C)C)C(=O)N[C@@H](C[C@@H]1CCCC1=O)C(=O)C(=O)NC1CC1. The molecule has 0 aromatic heterocycles. The van der Waals surface area contributed by atoms with Gasteiger partial charge in [0.15, 0.2) is 5.78 Å². The van der Waals surface area contributed by atoms with Crippen LogP contribution in [0.4, 0.5) is 4.79 Å². The van der Waals surface area contributed by atoms with Crippen molar-refractivity contribution in [2.75, 3.05) is 0 Å². The van der Waals surface area contributed by atoms with Crippen LogP contribution in [0.25, 0.3) is 0 Å². The number of ether oxygens (including phenoxy) is 1. The molecule has 1 aromatic rings. The lowest BCUT2D eigenvalue weighted by Gasteiger charge is -2.26. The highest BCUT2D eigenvalue weighted by Crippen LogP contribution is 2.27. The first-order valence-electron chi connectivity index (χ1n) is 15.1. The van der Waals surface area contributed by atoms with E-state index in [2.05, 4.69) is 16.0 Å². The average molecular weight is 584 g/mol. The van der Waals surface area contributed by atoms with Crippen LogP contribution in [-0.2, 0) is 35.3 Å². The normalized spacial score (nSPS) is 18.7. The molecule has 0 bridgehead atoms. The number of Topliss-reactive ketones (excluding diaryl/α,β-unsaturated/α-hetero) is 3. The summed E-state index contributed by atoms with van der Waals surface area (Å²) >= 11 is 0. The predicted molar refractivity (Wildman–Crippen MR) is 156 cm³/mol. The average Bonchev–Trinajstić information content (AvgIpc) is 3.67. The summed E-state index contributed by atoms with van der Waals surface area (Å²) in [5, 5.41) is 8.05. The minimum absolute atomic E-state index is 0.0305. The molecule has 2 saturated carbocycles. The van der Waals surface area contributed by atoms with Crippen LogP contribution in [0.15, 0.2) is 30.3 Å². The molecule has 10 nitrogen and oxygen atoms in total. The zero-order valence-corrected chi connectivity index (χ0v) is 25.1. The summed E-state index contributed by atoms with van der Waals surface area (Å²) < 4.78 is 5.30. The van der Waals surface area contributed by atoms with Gasteiger partial charge in [0, 0.05) is 30.7 Å².